The van der Waals surface area contributed by atoms with Crippen molar-refractivity contribution < 1.29 is 5.11 Å². The highest BCUT2D eigenvalue weighted by molar-refractivity contribution is 9.10. The van der Waals surface area contributed by atoms with Gasteiger partial charge in [0, 0.05) is 6.04 Å². The Labute approximate surface area is 97.3 Å². The zero-order valence-electron chi connectivity index (χ0n) is 8.50. The van der Waals surface area contributed by atoms with Gasteiger partial charge < -0.3 is 5.11 Å². The minimum absolute atomic E-state index is 0.166. The second-order valence-corrected chi connectivity index (χ2v) is 4.19. The van der Waals surface area contributed by atoms with Crippen molar-refractivity contribution in [2.24, 2.45) is 5.22 Å². The summed E-state index contributed by atoms with van der Waals surface area (Å²) in [6.07, 6.45) is 1.69. The Hall–Kier alpha value is -1.10. The summed E-state index contributed by atoms with van der Waals surface area (Å²) in [6.45, 7) is 2.04. The van der Waals surface area contributed by atoms with E-state index in [9.17, 15) is 5.11 Å². The van der Waals surface area contributed by atoms with Gasteiger partial charge in [-0.1, -0.05) is 18.2 Å². The largest absolute Gasteiger partial charge is 0.507 e. The molecular formula is C10H14BrN3O. The number of phenolic OH excluding ortho intramolecular Hbond substituents is 1. The van der Waals surface area contributed by atoms with Gasteiger partial charge in [0.05, 0.1) is 4.47 Å². The minimum Gasteiger partial charge on any atom is -0.507 e. The van der Waals surface area contributed by atoms with Crippen molar-refractivity contribution in [3.05, 3.63) is 28.2 Å². The van der Waals surface area contributed by atoms with E-state index >= 15 is 0 Å². The van der Waals surface area contributed by atoms with Gasteiger partial charge in [0.2, 0.25) is 0 Å². The summed E-state index contributed by atoms with van der Waals surface area (Å²) in [5, 5.41) is 12.5. The van der Waals surface area contributed by atoms with E-state index in [-0.39, 0.29) is 11.8 Å². The molecule has 82 valence electrons. The molecular weight excluding hydrogens is 258 g/mol. The number of hydrogen-bond acceptors (Lipinski definition) is 3. The van der Waals surface area contributed by atoms with Crippen LogP contribution in [0.2, 0.25) is 0 Å². The lowest BCUT2D eigenvalue weighted by Gasteiger charge is -2.13. The number of halogens is 1. The zero-order valence-corrected chi connectivity index (χ0v) is 10.1. The van der Waals surface area contributed by atoms with Crippen LogP contribution in [0.3, 0.4) is 0 Å². The molecule has 0 aromatic heterocycles. The molecule has 5 heteroatoms. The summed E-state index contributed by atoms with van der Waals surface area (Å²) in [6, 6.07) is 5.57. The van der Waals surface area contributed by atoms with Crippen LogP contribution in [-0.4, -0.2) is 11.1 Å². The summed E-state index contributed by atoms with van der Waals surface area (Å²) in [5.41, 5.74) is 10.6. The molecule has 1 aromatic carbocycles. The molecule has 0 bridgehead atoms. The smallest absolute Gasteiger partial charge is 0.129 e. The number of aromatic hydroxyl groups is 1. The van der Waals surface area contributed by atoms with E-state index in [2.05, 4.69) is 26.6 Å². The van der Waals surface area contributed by atoms with E-state index in [1.165, 1.54) is 0 Å². The second-order valence-electron chi connectivity index (χ2n) is 3.34. The Morgan fingerprint density at radius 3 is 2.87 bits per heavy atom. The summed E-state index contributed by atoms with van der Waals surface area (Å²) >= 11 is 3.27. The Morgan fingerprint density at radius 2 is 2.33 bits per heavy atom. The van der Waals surface area contributed by atoms with Crippen LogP contribution < -0.4 is 5.43 Å². The van der Waals surface area contributed by atoms with Crippen LogP contribution in [0.15, 0.2) is 27.9 Å². The quantitative estimate of drug-likeness (QED) is 0.569. The van der Waals surface area contributed by atoms with Gasteiger partial charge in [-0.25, -0.2) is 0 Å². The van der Waals surface area contributed by atoms with Crippen LogP contribution in [0.5, 0.6) is 5.75 Å². The summed E-state index contributed by atoms with van der Waals surface area (Å²) in [4.78, 5) is 0. The second kappa shape index (κ2) is 5.70. The highest BCUT2D eigenvalue weighted by atomic mass is 79.9. The predicted molar refractivity (Wildman–Crippen MR) is 61.9 cm³/mol. The molecule has 15 heavy (non-hydrogen) atoms. The van der Waals surface area contributed by atoms with Crippen LogP contribution in [0.1, 0.15) is 18.9 Å². The van der Waals surface area contributed by atoms with Gasteiger partial charge in [-0.05, 0) is 46.5 Å². The summed E-state index contributed by atoms with van der Waals surface area (Å²) < 4.78 is 0.692. The first kappa shape index (κ1) is 12.0. The first-order valence-electron chi connectivity index (χ1n) is 4.76. The fraction of sp³-hybridized carbons (Fsp3) is 0.400. The minimum atomic E-state index is 0.166. The molecule has 0 aliphatic rings. The molecule has 0 aliphatic heterocycles. The van der Waals surface area contributed by atoms with Gasteiger partial charge in [-0.3, -0.25) is 5.43 Å². The van der Waals surface area contributed by atoms with Crippen molar-refractivity contribution in [1.82, 2.24) is 5.43 Å². The van der Waals surface area contributed by atoms with E-state index < -0.39 is 0 Å². The maximum absolute atomic E-state index is 9.33. The van der Waals surface area contributed by atoms with Crippen molar-refractivity contribution >= 4 is 15.9 Å². The Bertz CT molecular complexity index is 343. The Balaban J connectivity index is 2.70. The van der Waals surface area contributed by atoms with E-state index in [0.29, 0.717) is 4.47 Å². The first-order valence-corrected chi connectivity index (χ1v) is 5.56. The number of nitrogens with zero attached hydrogens (tertiary/aromatic N) is 1. The highest BCUT2D eigenvalue weighted by Gasteiger charge is 2.07. The molecule has 0 saturated heterocycles. The third-order valence-electron chi connectivity index (χ3n) is 2.23. The Kier molecular flexibility index (Phi) is 4.55. The van der Waals surface area contributed by atoms with Gasteiger partial charge in [0.25, 0.3) is 0 Å². The van der Waals surface area contributed by atoms with Crippen LogP contribution in [0, 0.1) is 5.53 Å². The normalized spacial score (nSPS) is 12.1. The van der Waals surface area contributed by atoms with Gasteiger partial charge in [-0.15, -0.1) is 0 Å². The molecule has 3 N–H and O–H groups in total. The lowest BCUT2D eigenvalue weighted by Crippen LogP contribution is -2.25. The van der Waals surface area contributed by atoms with Gasteiger partial charge in [0.1, 0.15) is 5.75 Å². The molecule has 1 rings (SSSR count). The first-order chi connectivity index (χ1) is 7.17. The topological polar surface area (TPSA) is 68.5 Å². The monoisotopic (exact) mass is 271 g/mol. The SMILES string of the molecule is CCC(Cc1ccc(O)c(Br)c1)NN=N. The van der Waals surface area contributed by atoms with Crippen molar-refractivity contribution in [3.63, 3.8) is 0 Å². The molecule has 1 atom stereocenters. The molecule has 1 aromatic rings. The molecule has 0 amide bonds. The van der Waals surface area contributed by atoms with E-state index in [1.54, 1.807) is 6.07 Å². The van der Waals surface area contributed by atoms with E-state index in [4.69, 9.17) is 5.53 Å². The number of phenols is 1. The standard InChI is InChI=1S/C10H14BrN3O/c1-2-8(13-14-12)5-7-3-4-10(15)9(11)6-7/h3-4,6,8,15H,2,5H2,1H3,(H2,12,13). The van der Waals surface area contributed by atoms with E-state index in [0.717, 1.165) is 18.4 Å². The average molecular weight is 272 g/mol. The maximum atomic E-state index is 9.33. The van der Waals surface area contributed by atoms with Crippen LogP contribution >= 0.6 is 15.9 Å². The molecule has 0 spiro atoms. The number of nitrogens with one attached hydrogen (secondary N) is 2. The van der Waals surface area contributed by atoms with Crippen molar-refractivity contribution in [3.8, 4) is 5.75 Å². The molecule has 0 aliphatic carbocycles. The molecule has 1 unspecified atom stereocenters. The fourth-order valence-electron chi connectivity index (χ4n) is 1.33. The third kappa shape index (κ3) is 3.51. The molecule has 0 saturated carbocycles. The van der Waals surface area contributed by atoms with Crippen molar-refractivity contribution in [1.29, 1.82) is 5.53 Å². The molecule has 0 fully saturated rings. The van der Waals surface area contributed by atoms with Crippen LogP contribution in [-0.2, 0) is 6.42 Å². The highest BCUT2D eigenvalue weighted by Crippen LogP contribution is 2.24. The van der Waals surface area contributed by atoms with Gasteiger partial charge in [-0.2, -0.15) is 5.53 Å². The molecule has 0 radical (unpaired) electrons. The number of hydrogen-bond donors (Lipinski definition) is 3. The number of benzene rings is 1. The maximum Gasteiger partial charge on any atom is 0.129 e. The zero-order chi connectivity index (χ0) is 11.3. The lowest BCUT2D eigenvalue weighted by atomic mass is 10.0. The number of rotatable bonds is 5. The van der Waals surface area contributed by atoms with Crippen LogP contribution in [0.25, 0.3) is 0 Å². The average Bonchev–Trinajstić information content (AvgIpc) is 2.23. The van der Waals surface area contributed by atoms with Crippen LogP contribution in [0.4, 0.5) is 0 Å². The third-order valence-corrected chi connectivity index (χ3v) is 2.87. The van der Waals surface area contributed by atoms with Gasteiger partial charge in [0.15, 0.2) is 0 Å². The van der Waals surface area contributed by atoms with E-state index in [1.807, 2.05) is 19.1 Å². The fourth-order valence-corrected chi connectivity index (χ4v) is 1.76. The Morgan fingerprint density at radius 1 is 1.60 bits per heavy atom. The summed E-state index contributed by atoms with van der Waals surface area (Å²) in [7, 11) is 0. The van der Waals surface area contributed by atoms with Crippen molar-refractivity contribution in [2.75, 3.05) is 0 Å². The molecule has 4 nitrogen and oxygen atoms in total. The lowest BCUT2D eigenvalue weighted by molar-refractivity contribution is 0.469. The summed E-state index contributed by atoms with van der Waals surface area (Å²) in [5.74, 6) is 0.241. The molecule has 0 heterocycles. The van der Waals surface area contributed by atoms with Crippen molar-refractivity contribution in [2.45, 2.75) is 25.8 Å². The van der Waals surface area contributed by atoms with Gasteiger partial charge >= 0.3 is 0 Å². The predicted octanol–water partition coefficient (Wildman–Crippen LogP) is 3.01.